The van der Waals surface area contributed by atoms with E-state index in [2.05, 4.69) is 36.3 Å². The van der Waals surface area contributed by atoms with Crippen molar-refractivity contribution in [2.75, 3.05) is 11.1 Å². The third kappa shape index (κ3) is 1.58. The molecule has 4 heteroatoms. The first-order valence-electron chi connectivity index (χ1n) is 6.77. The first-order chi connectivity index (χ1) is 8.42. The van der Waals surface area contributed by atoms with Crippen LogP contribution >= 0.6 is 0 Å². The van der Waals surface area contributed by atoms with Gasteiger partial charge in [0, 0.05) is 6.04 Å². The van der Waals surface area contributed by atoms with Gasteiger partial charge in [-0.2, -0.15) is 0 Å². The summed E-state index contributed by atoms with van der Waals surface area (Å²) in [5.74, 6) is 2.15. The fourth-order valence-corrected chi connectivity index (χ4v) is 4.23. The van der Waals surface area contributed by atoms with Crippen molar-refractivity contribution in [2.45, 2.75) is 46.1 Å². The van der Waals surface area contributed by atoms with E-state index in [9.17, 15) is 0 Å². The van der Waals surface area contributed by atoms with Gasteiger partial charge < -0.3 is 11.1 Å². The second kappa shape index (κ2) is 3.59. The van der Waals surface area contributed by atoms with Crippen LogP contribution in [-0.4, -0.2) is 16.2 Å². The summed E-state index contributed by atoms with van der Waals surface area (Å²) in [6.07, 6.45) is 4.02. The molecule has 2 fully saturated rings. The van der Waals surface area contributed by atoms with E-state index in [0.29, 0.717) is 22.7 Å². The number of nitrogens with two attached hydrogens (primary N) is 1. The highest BCUT2D eigenvalue weighted by molar-refractivity contribution is 5.41. The molecule has 3 N–H and O–H groups in total. The van der Waals surface area contributed by atoms with Gasteiger partial charge in [0.2, 0.25) is 0 Å². The maximum Gasteiger partial charge on any atom is 0.149 e. The highest BCUT2D eigenvalue weighted by Crippen LogP contribution is 2.62. The number of rotatable bonds is 2. The SMILES string of the molecule is CC12CCC(C1)C(C)(C)C2Nc1ccc(N)nn1. The standard InChI is InChI=1S/C14H22N4/c1-13(2)9-6-7-14(3,8-9)12(13)16-11-5-4-10(15)17-18-11/h4-5,9,12H,6-8H2,1-3H3,(H2,15,17)(H,16,18). The number of hydrogen-bond acceptors (Lipinski definition) is 4. The Morgan fingerprint density at radius 2 is 2.06 bits per heavy atom. The van der Waals surface area contributed by atoms with Gasteiger partial charge in [-0.3, -0.25) is 0 Å². The van der Waals surface area contributed by atoms with Gasteiger partial charge in [0.05, 0.1) is 0 Å². The fourth-order valence-electron chi connectivity index (χ4n) is 4.23. The summed E-state index contributed by atoms with van der Waals surface area (Å²) >= 11 is 0. The van der Waals surface area contributed by atoms with Crippen LogP contribution in [0.25, 0.3) is 0 Å². The van der Waals surface area contributed by atoms with Gasteiger partial charge in [-0.15, -0.1) is 10.2 Å². The van der Waals surface area contributed by atoms with E-state index in [1.165, 1.54) is 19.3 Å². The van der Waals surface area contributed by atoms with Gasteiger partial charge in [0.1, 0.15) is 11.6 Å². The van der Waals surface area contributed by atoms with Crippen LogP contribution in [0.2, 0.25) is 0 Å². The van der Waals surface area contributed by atoms with Crippen LogP contribution in [0.1, 0.15) is 40.0 Å². The first kappa shape index (κ1) is 11.8. The Hall–Kier alpha value is -1.32. The van der Waals surface area contributed by atoms with E-state index in [1.54, 1.807) is 6.07 Å². The van der Waals surface area contributed by atoms with Gasteiger partial charge in [-0.1, -0.05) is 20.8 Å². The Balaban J connectivity index is 1.86. The molecule has 4 nitrogen and oxygen atoms in total. The molecule has 2 saturated carbocycles. The highest BCUT2D eigenvalue weighted by atomic mass is 15.2. The minimum absolute atomic E-state index is 0.329. The maximum atomic E-state index is 5.57. The number of hydrogen-bond donors (Lipinski definition) is 2. The van der Waals surface area contributed by atoms with Crippen molar-refractivity contribution in [1.29, 1.82) is 0 Å². The molecule has 2 aliphatic carbocycles. The molecule has 0 aromatic carbocycles. The Bertz CT molecular complexity index is 449. The molecule has 0 aliphatic heterocycles. The highest BCUT2D eigenvalue weighted by Gasteiger charge is 2.59. The van der Waals surface area contributed by atoms with E-state index in [-0.39, 0.29) is 0 Å². The number of nitrogens with zero attached hydrogens (tertiary/aromatic N) is 2. The monoisotopic (exact) mass is 246 g/mol. The van der Waals surface area contributed by atoms with Crippen molar-refractivity contribution in [3.05, 3.63) is 12.1 Å². The number of anilines is 2. The molecule has 0 spiro atoms. The maximum absolute atomic E-state index is 5.57. The van der Waals surface area contributed by atoms with Crippen molar-refractivity contribution in [1.82, 2.24) is 10.2 Å². The molecule has 0 amide bonds. The van der Waals surface area contributed by atoms with Gasteiger partial charge in [-0.25, -0.2) is 0 Å². The quantitative estimate of drug-likeness (QED) is 0.842. The second-order valence-corrected chi connectivity index (χ2v) is 6.84. The molecule has 1 heterocycles. The summed E-state index contributed by atoms with van der Waals surface area (Å²) in [5.41, 5.74) is 6.30. The summed E-state index contributed by atoms with van der Waals surface area (Å²) in [7, 11) is 0. The smallest absolute Gasteiger partial charge is 0.149 e. The minimum Gasteiger partial charge on any atom is -0.382 e. The molecule has 3 atom stereocenters. The fraction of sp³-hybridized carbons (Fsp3) is 0.714. The molecular formula is C14H22N4. The molecule has 0 saturated heterocycles. The van der Waals surface area contributed by atoms with Crippen LogP contribution in [0.3, 0.4) is 0 Å². The van der Waals surface area contributed by atoms with Crippen LogP contribution in [-0.2, 0) is 0 Å². The molecular weight excluding hydrogens is 224 g/mol. The van der Waals surface area contributed by atoms with E-state index in [0.717, 1.165) is 11.7 Å². The summed E-state index contributed by atoms with van der Waals surface area (Å²) in [6, 6.07) is 4.20. The molecule has 3 rings (SSSR count). The Labute approximate surface area is 108 Å². The average Bonchev–Trinajstić information content (AvgIpc) is 2.78. The van der Waals surface area contributed by atoms with Crippen LogP contribution in [0.5, 0.6) is 0 Å². The number of aromatic nitrogens is 2. The number of nitrogen functional groups attached to an aromatic ring is 1. The van der Waals surface area contributed by atoms with Crippen LogP contribution < -0.4 is 11.1 Å². The van der Waals surface area contributed by atoms with Crippen molar-refractivity contribution in [3.63, 3.8) is 0 Å². The lowest BCUT2D eigenvalue weighted by molar-refractivity contribution is 0.155. The van der Waals surface area contributed by atoms with Crippen molar-refractivity contribution >= 4 is 11.6 Å². The van der Waals surface area contributed by atoms with Crippen molar-refractivity contribution < 1.29 is 0 Å². The molecule has 98 valence electrons. The number of fused-ring (bicyclic) bond motifs is 2. The first-order valence-corrected chi connectivity index (χ1v) is 6.77. The van der Waals surface area contributed by atoms with E-state index in [4.69, 9.17) is 5.73 Å². The molecule has 2 aliphatic rings. The summed E-state index contributed by atoms with van der Waals surface area (Å²) < 4.78 is 0. The Morgan fingerprint density at radius 1 is 1.28 bits per heavy atom. The van der Waals surface area contributed by atoms with Crippen LogP contribution in [0, 0.1) is 16.7 Å². The van der Waals surface area contributed by atoms with E-state index in [1.807, 2.05) is 6.07 Å². The molecule has 1 aromatic rings. The minimum atomic E-state index is 0.329. The third-order valence-electron chi connectivity index (χ3n) is 5.25. The average molecular weight is 246 g/mol. The zero-order valence-electron chi connectivity index (χ0n) is 11.4. The third-order valence-corrected chi connectivity index (χ3v) is 5.25. The summed E-state index contributed by atoms with van der Waals surface area (Å²) in [5, 5.41) is 11.7. The van der Waals surface area contributed by atoms with E-state index < -0.39 is 0 Å². The zero-order valence-corrected chi connectivity index (χ0v) is 11.4. The lowest BCUT2D eigenvalue weighted by Gasteiger charge is -2.43. The molecule has 0 radical (unpaired) electrons. The predicted octanol–water partition coefficient (Wildman–Crippen LogP) is 2.69. The summed E-state index contributed by atoms with van der Waals surface area (Å²) in [4.78, 5) is 0. The van der Waals surface area contributed by atoms with Gasteiger partial charge in [-0.05, 0) is 48.1 Å². The normalized spacial score (nSPS) is 36.8. The Morgan fingerprint density at radius 3 is 2.61 bits per heavy atom. The molecule has 3 unspecified atom stereocenters. The largest absolute Gasteiger partial charge is 0.382 e. The topological polar surface area (TPSA) is 63.8 Å². The summed E-state index contributed by atoms with van der Waals surface area (Å²) in [6.45, 7) is 7.17. The lowest BCUT2D eigenvalue weighted by atomic mass is 9.68. The van der Waals surface area contributed by atoms with Crippen molar-refractivity contribution in [3.8, 4) is 0 Å². The molecule has 18 heavy (non-hydrogen) atoms. The van der Waals surface area contributed by atoms with Crippen molar-refractivity contribution in [2.24, 2.45) is 16.7 Å². The lowest BCUT2D eigenvalue weighted by Crippen LogP contribution is -2.46. The second-order valence-electron chi connectivity index (χ2n) is 6.84. The molecule has 1 aromatic heterocycles. The zero-order chi connectivity index (χ0) is 13.0. The predicted molar refractivity (Wildman–Crippen MR) is 73.1 cm³/mol. The van der Waals surface area contributed by atoms with E-state index >= 15 is 0 Å². The van der Waals surface area contributed by atoms with Gasteiger partial charge in [0.15, 0.2) is 0 Å². The van der Waals surface area contributed by atoms with Gasteiger partial charge in [0.25, 0.3) is 0 Å². The molecule has 2 bridgehead atoms. The van der Waals surface area contributed by atoms with Crippen LogP contribution in [0.15, 0.2) is 12.1 Å². The van der Waals surface area contributed by atoms with Crippen LogP contribution in [0.4, 0.5) is 11.6 Å². The van der Waals surface area contributed by atoms with Gasteiger partial charge >= 0.3 is 0 Å². The number of nitrogens with one attached hydrogen (secondary N) is 1. The Kier molecular flexibility index (Phi) is 2.34.